The minimum Gasteiger partial charge on any atom is -0.395 e. The standard InChI is InChI=1S/C23H25FN8O2/c1-30-18(22-26-17-4-2-3-16(24)21(17)28-22)13-19(29-30)27-23(34)15-5-6-20(25-14-15)32-9-7-31(8-10-32)11-12-33/h2-6,13-14,33H,7-12H2,1H3,(H,26,28)(H,27,29,34). The molecule has 1 saturated heterocycles. The first-order chi connectivity index (χ1) is 16.5. The van der Waals surface area contributed by atoms with Crippen LogP contribution in [0.25, 0.3) is 22.6 Å². The van der Waals surface area contributed by atoms with Crippen LogP contribution in [0.1, 0.15) is 10.4 Å². The van der Waals surface area contributed by atoms with Crippen molar-refractivity contribution < 1.29 is 14.3 Å². The molecule has 3 N–H and O–H groups in total. The molecule has 4 aromatic rings. The summed E-state index contributed by atoms with van der Waals surface area (Å²) in [7, 11) is 1.73. The van der Waals surface area contributed by atoms with Crippen molar-refractivity contribution >= 4 is 28.6 Å². The van der Waals surface area contributed by atoms with Crippen LogP contribution in [0.4, 0.5) is 16.0 Å². The maximum absolute atomic E-state index is 14.0. The van der Waals surface area contributed by atoms with E-state index in [4.69, 9.17) is 5.11 Å². The molecular weight excluding hydrogens is 439 g/mol. The van der Waals surface area contributed by atoms with Crippen LogP contribution < -0.4 is 10.2 Å². The second-order valence-corrected chi connectivity index (χ2v) is 8.17. The lowest BCUT2D eigenvalue weighted by molar-refractivity contribution is 0.102. The molecule has 1 amide bonds. The number of nitrogens with one attached hydrogen (secondary N) is 2. The maximum atomic E-state index is 14.0. The molecule has 0 radical (unpaired) electrons. The molecule has 0 atom stereocenters. The number of anilines is 2. The molecular formula is C23H25FN8O2. The highest BCUT2D eigenvalue weighted by atomic mass is 19.1. The van der Waals surface area contributed by atoms with E-state index in [0.29, 0.717) is 40.5 Å². The Kier molecular flexibility index (Phi) is 5.95. The minimum atomic E-state index is -0.380. The normalized spacial score (nSPS) is 14.6. The van der Waals surface area contributed by atoms with Gasteiger partial charge >= 0.3 is 0 Å². The van der Waals surface area contributed by atoms with E-state index in [2.05, 4.69) is 35.2 Å². The Morgan fingerprint density at radius 1 is 1.21 bits per heavy atom. The van der Waals surface area contributed by atoms with Gasteiger partial charge in [0.25, 0.3) is 5.91 Å². The van der Waals surface area contributed by atoms with Crippen molar-refractivity contribution in [1.82, 2.24) is 29.6 Å². The van der Waals surface area contributed by atoms with Crippen molar-refractivity contribution in [2.75, 3.05) is 49.5 Å². The van der Waals surface area contributed by atoms with Crippen molar-refractivity contribution in [3.63, 3.8) is 0 Å². The van der Waals surface area contributed by atoms with E-state index in [1.165, 1.54) is 6.07 Å². The number of imidazole rings is 1. The lowest BCUT2D eigenvalue weighted by Gasteiger charge is -2.35. The van der Waals surface area contributed by atoms with Crippen molar-refractivity contribution in [1.29, 1.82) is 0 Å². The Morgan fingerprint density at radius 2 is 2.03 bits per heavy atom. The lowest BCUT2D eigenvalue weighted by Crippen LogP contribution is -2.47. The molecule has 1 fully saturated rings. The molecule has 0 saturated carbocycles. The summed E-state index contributed by atoms with van der Waals surface area (Å²) in [5.41, 5.74) is 1.87. The summed E-state index contributed by atoms with van der Waals surface area (Å²) >= 11 is 0. The Morgan fingerprint density at radius 3 is 2.74 bits per heavy atom. The van der Waals surface area contributed by atoms with Gasteiger partial charge in [-0.1, -0.05) is 6.07 Å². The van der Waals surface area contributed by atoms with Crippen LogP contribution in [0.5, 0.6) is 0 Å². The fraction of sp³-hybridized carbons (Fsp3) is 0.304. The van der Waals surface area contributed by atoms with E-state index in [-0.39, 0.29) is 18.3 Å². The molecule has 0 bridgehead atoms. The Balaban J connectivity index is 1.26. The van der Waals surface area contributed by atoms with Crippen LogP contribution in [0.3, 0.4) is 0 Å². The summed E-state index contributed by atoms with van der Waals surface area (Å²) in [4.78, 5) is 29.0. The van der Waals surface area contributed by atoms with Gasteiger partial charge in [0.15, 0.2) is 11.6 Å². The van der Waals surface area contributed by atoms with Gasteiger partial charge in [-0.25, -0.2) is 14.4 Å². The zero-order valence-electron chi connectivity index (χ0n) is 18.7. The van der Waals surface area contributed by atoms with Crippen LogP contribution in [-0.4, -0.2) is 80.0 Å². The van der Waals surface area contributed by atoms with E-state index in [9.17, 15) is 9.18 Å². The van der Waals surface area contributed by atoms with Gasteiger partial charge in [0.1, 0.15) is 22.8 Å². The smallest absolute Gasteiger partial charge is 0.258 e. The number of β-amino-alcohol motifs (C(OH)–C–C–N with tert-alkyl or cyclic N) is 1. The number of hydrogen-bond acceptors (Lipinski definition) is 7. The summed E-state index contributed by atoms with van der Waals surface area (Å²) in [6.07, 6.45) is 1.55. The highest BCUT2D eigenvalue weighted by molar-refractivity contribution is 6.03. The molecule has 34 heavy (non-hydrogen) atoms. The average molecular weight is 465 g/mol. The average Bonchev–Trinajstić information content (AvgIpc) is 3.44. The van der Waals surface area contributed by atoms with E-state index >= 15 is 0 Å². The number of aliphatic hydroxyl groups is 1. The number of rotatable bonds is 6. The number of benzene rings is 1. The third-order valence-electron chi connectivity index (χ3n) is 5.95. The number of nitrogens with zero attached hydrogens (tertiary/aromatic N) is 6. The second kappa shape index (κ2) is 9.20. The summed E-state index contributed by atoms with van der Waals surface area (Å²) < 4.78 is 15.6. The molecule has 0 aliphatic carbocycles. The number of amides is 1. The number of halogens is 1. The van der Waals surface area contributed by atoms with Gasteiger partial charge in [0, 0.05) is 52.0 Å². The van der Waals surface area contributed by atoms with Gasteiger partial charge in [0.05, 0.1) is 17.7 Å². The van der Waals surface area contributed by atoms with Crippen molar-refractivity contribution in [2.24, 2.45) is 7.05 Å². The van der Waals surface area contributed by atoms with Crippen LogP contribution in [0.15, 0.2) is 42.6 Å². The molecule has 1 aromatic carbocycles. The number of aromatic nitrogens is 5. The number of aliphatic hydroxyl groups excluding tert-OH is 1. The van der Waals surface area contributed by atoms with Gasteiger partial charge in [-0.05, 0) is 24.3 Å². The minimum absolute atomic E-state index is 0.163. The highest BCUT2D eigenvalue weighted by Gasteiger charge is 2.19. The number of piperazine rings is 1. The first-order valence-corrected chi connectivity index (χ1v) is 11.1. The number of carbonyl (C=O) groups excluding carboxylic acids is 1. The SMILES string of the molecule is Cn1nc(NC(=O)c2ccc(N3CCN(CCO)CC3)nc2)cc1-c1nc2cccc(F)c2[nH]1. The lowest BCUT2D eigenvalue weighted by atomic mass is 10.2. The summed E-state index contributed by atoms with van der Waals surface area (Å²) in [6, 6.07) is 9.96. The van der Waals surface area contributed by atoms with Crippen molar-refractivity contribution in [3.05, 3.63) is 54.0 Å². The van der Waals surface area contributed by atoms with Gasteiger partial charge in [0.2, 0.25) is 0 Å². The summed E-state index contributed by atoms with van der Waals surface area (Å²) in [5.74, 6) is 0.924. The molecule has 176 valence electrons. The third-order valence-corrected chi connectivity index (χ3v) is 5.95. The van der Waals surface area contributed by atoms with Crippen molar-refractivity contribution in [3.8, 4) is 11.5 Å². The predicted octanol–water partition coefficient (Wildman–Crippen LogP) is 1.86. The van der Waals surface area contributed by atoms with Crippen LogP contribution in [0, 0.1) is 5.82 Å². The molecule has 0 unspecified atom stereocenters. The number of pyridine rings is 1. The van der Waals surface area contributed by atoms with Crippen LogP contribution >= 0.6 is 0 Å². The number of H-pyrrole nitrogens is 1. The Bertz CT molecular complexity index is 1310. The predicted molar refractivity (Wildman–Crippen MR) is 126 cm³/mol. The Hall–Kier alpha value is -3.83. The highest BCUT2D eigenvalue weighted by Crippen LogP contribution is 2.24. The summed E-state index contributed by atoms with van der Waals surface area (Å²) in [5, 5.41) is 16.2. The summed E-state index contributed by atoms with van der Waals surface area (Å²) in [6.45, 7) is 4.22. The van der Waals surface area contributed by atoms with E-state index in [1.807, 2.05) is 6.07 Å². The molecule has 1 aliphatic rings. The molecule has 0 spiro atoms. The monoisotopic (exact) mass is 464 g/mol. The van der Waals surface area contributed by atoms with Crippen LogP contribution in [0.2, 0.25) is 0 Å². The first-order valence-electron chi connectivity index (χ1n) is 11.1. The third kappa shape index (κ3) is 4.35. The first kappa shape index (κ1) is 22.0. The molecule has 4 heterocycles. The zero-order chi connectivity index (χ0) is 23.7. The maximum Gasteiger partial charge on any atom is 0.258 e. The molecule has 11 heteroatoms. The Labute approximate surface area is 195 Å². The van der Waals surface area contributed by atoms with Gasteiger partial charge in [-0.3, -0.25) is 14.4 Å². The molecule has 3 aromatic heterocycles. The van der Waals surface area contributed by atoms with E-state index < -0.39 is 0 Å². The van der Waals surface area contributed by atoms with E-state index in [0.717, 1.165) is 32.0 Å². The molecule has 10 nitrogen and oxygen atoms in total. The number of para-hydroxylation sites is 1. The number of aromatic amines is 1. The fourth-order valence-corrected chi connectivity index (χ4v) is 4.11. The molecule has 1 aliphatic heterocycles. The number of fused-ring (bicyclic) bond motifs is 1. The van der Waals surface area contributed by atoms with Crippen LogP contribution in [-0.2, 0) is 7.05 Å². The van der Waals surface area contributed by atoms with E-state index in [1.54, 1.807) is 42.2 Å². The molecule has 5 rings (SSSR count). The van der Waals surface area contributed by atoms with Gasteiger partial charge in [-0.15, -0.1) is 0 Å². The van der Waals surface area contributed by atoms with Crippen molar-refractivity contribution in [2.45, 2.75) is 0 Å². The number of hydrogen-bond donors (Lipinski definition) is 3. The quantitative estimate of drug-likeness (QED) is 0.399. The fourth-order valence-electron chi connectivity index (χ4n) is 4.11. The van der Waals surface area contributed by atoms with Gasteiger partial charge < -0.3 is 20.3 Å². The second-order valence-electron chi connectivity index (χ2n) is 8.17. The zero-order valence-corrected chi connectivity index (χ0v) is 18.7. The topological polar surface area (TPSA) is 115 Å². The largest absolute Gasteiger partial charge is 0.395 e. The number of carbonyl (C=O) groups is 1. The van der Waals surface area contributed by atoms with Gasteiger partial charge in [-0.2, -0.15) is 5.10 Å². The number of aryl methyl sites for hydroxylation is 1.